The number of carbonyl (C=O) groups excluding carboxylic acids is 2. The van der Waals surface area contributed by atoms with Crippen molar-refractivity contribution in [2.45, 2.75) is 6.92 Å². The van der Waals surface area contributed by atoms with Crippen LogP contribution in [0.25, 0.3) is 15.9 Å². The van der Waals surface area contributed by atoms with Gasteiger partial charge in [-0.05, 0) is 29.8 Å². The van der Waals surface area contributed by atoms with Crippen molar-refractivity contribution < 1.29 is 22.4 Å². The molecular formula is C20H16N2O5S. The number of rotatable bonds is 4. The molecule has 0 bridgehead atoms. The van der Waals surface area contributed by atoms with Gasteiger partial charge in [-0.25, -0.2) is 12.7 Å². The highest BCUT2D eigenvalue weighted by atomic mass is 32.2. The number of hydrogen-bond acceptors (Lipinski definition) is 6. The molecule has 1 aliphatic heterocycles. The summed E-state index contributed by atoms with van der Waals surface area (Å²) in [6, 6.07) is 15.1. The van der Waals surface area contributed by atoms with E-state index in [2.05, 4.69) is 5.32 Å². The van der Waals surface area contributed by atoms with Gasteiger partial charge in [0.25, 0.3) is 15.9 Å². The van der Waals surface area contributed by atoms with Gasteiger partial charge in [-0.1, -0.05) is 30.3 Å². The number of likely N-dealkylation sites (N-methyl/N-ethyl adjacent to an activating group) is 1. The molecular weight excluding hydrogens is 380 g/mol. The number of furan rings is 1. The Bertz CT molecular complexity index is 1260. The molecule has 0 aliphatic carbocycles. The van der Waals surface area contributed by atoms with Crippen molar-refractivity contribution >= 4 is 43.3 Å². The monoisotopic (exact) mass is 396 g/mol. The summed E-state index contributed by atoms with van der Waals surface area (Å²) < 4.78 is 31.7. The minimum atomic E-state index is -3.95. The Morgan fingerprint density at radius 1 is 1.07 bits per heavy atom. The van der Waals surface area contributed by atoms with Crippen LogP contribution in [0.2, 0.25) is 0 Å². The SMILES string of the molecule is CC(=O)c1cc2cc(NC3=C(c4ccccc4)S(=O)(=O)N(C)C3=O)ccc2o1. The van der Waals surface area contributed by atoms with Gasteiger partial charge >= 0.3 is 0 Å². The summed E-state index contributed by atoms with van der Waals surface area (Å²) in [5.74, 6) is -0.607. The summed E-state index contributed by atoms with van der Waals surface area (Å²) in [7, 11) is -2.72. The van der Waals surface area contributed by atoms with Crippen LogP contribution < -0.4 is 5.32 Å². The Hall–Kier alpha value is -3.39. The van der Waals surface area contributed by atoms with Crippen molar-refractivity contribution in [2.24, 2.45) is 0 Å². The zero-order chi connectivity index (χ0) is 20.1. The van der Waals surface area contributed by atoms with Crippen molar-refractivity contribution in [2.75, 3.05) is 12.4 Å². The molecule has 0 radical (unpaired) electrons. The maximum absolute atomic E-state index is 12.7. The Morgan fingerprint density at radius 3 is 2.46 bits per heavy atom. The van der Waals surface area contributed by atoms with Crippen LogP contribution in [0.1, 0.15) is 23.0 Å². The standard InChI is InChI=1S/C20H16N2O5S/c1-12(23)17-11-14-10-15(8-9-16(14)27-17)21-18-19(13-6-4-3-5-7-13)28(25,26)22(2)20(18)24/h3-11,21H,1-2H3. The van der Waals surface area contributed by atoms with E-state index in [1.54, 1.807) is 54.6 Å². The molecule has 0 spiro atoms. The molecule has 1 amide bonds. The average Bonchev–Trinajstić information content (AvgIpc) is 3.16. The van der Waals surface area contributed by atoms with Gasteiger partial charge in [-0.2, -0.15) is 0 Å². The third-order valence-electron chi connectivity index (χ3n) is 4.51. The lowest BCUT2D eigenvalue weighted by Crippen LogP contribution is -2.27. The van der Waals surface area contributed by atoms with Gasteiger partial charge in [0.15, 0.2) is 11.5 Å². The zero-order valence-corrected chi connectivity index (χ0v) is 15.9. The third kappa shape index (κ3) is 2.78. The third-order valence-corrected chi connectivity index (χ3v) is 6.36. The lowest BCUT2D eigenvalue weighted by Gasteiger charge is -2.09. The Labute approximate surface area is 161 Å². The molecule has 0 fully saturated rings. The molecule has 8 heteroatoms. The highest BCUT2D eigenvalue weighted by Gasteiger charge is 2.42. The number of nitrogens with one attached hydrogen (secondary N) is 1. The fourth-order valence-electron chi connectivity index (χ4n) is 3.06. The lowest BCUT2D eigenvalue weighted by molar-refractivity contribution is -0.121. The number of carbonyl (C=O) groups is 2. The predicted octanol–water partition coefficient (Wildman–Crippen LogP) is 3.22. The molecule has 2 heterocycles. The lowest BCUT2D eigenvalue weighted by atomic mass is 10.1. The van der Waals surface area contributed by atoms with Gasteiger partial charge in [0.2, 0.25) is 0 Å². The predicted molar refractivity (Wildman–Crippen MR) is 105 cm³/mol. The number of ketones is 1. The van der Waals surface area contributed by atoms with Crippen molar-refractivity contribution in [1.82, 2.24) is 4.31 Å². The molecule has 3 aromatic rings. The Morgan fingerprint density at radius 2 is 1.79 bits per heavy atom. The summed E-state index contributed by atoms with van der Waals surface area (Å²) in [6.07, 6.45) is 0. The summed E-state index contributed by atoms with van der Waals surface area (Å²) in [6.45, 7) is 1.41. The number of anilines is 1. The second kappa shape index (κ2) is 6.35. The number of fused-ring (bicyclic) bond motifs is 1. The van der Waals surface area contributed by atoms with E-state index in [0.29, 0.717) is 22.2 Å². The topological polar surface area (TPSA) is 96.7 Å². The van der Waals surface area contributed by atoms with Crippen LogP contribution in [0.4, 0.5) is 5.69 Å². The van der Waals surface area contributed by atoms with Crippen LogP contribution in [0.15, 0.2) is 64.7 Å². The number of amides is 1. The molecule has 7 nitrogen and oxygen atoms in total. The van der Waals surface area contributed by atoms with Gasteiger partial charge in [-0.15, -0.1) is 0 Å². The van der Waals surface area contributed by atoms with Crippen molar-refractivity contribution in [3.8, 4) is 0 Å². The molecule has 1 N–H and O–H groups in total. The summed E-state index contributed by atoms with van der Waals surface area (Å²) in [5, 5.41) is 3.60. The summed E-state index contributed by atoms with van der Waals surface area (Å²) in [4.78, 5) is 24.1. The van der Waals surface area contributed by atoms with E-state index in [0.717, 1.165) is 4.31 Å². The average molecular weight is 396 g/mol. The molecule has 4 rings (SSSR count). The first-order chi connectivity index (χ1) is 13.3. The molecule has 1 aromatic heterocycles. The molecule has 28 heavy (non-hydrogen) atoms. The molecule has 0 unspecified atom stereocenters. The molecule has 0 saturated carbocycles. The number of benzene rings is 2. The van der Waals surface area contributed by atoms with Gasteiger partial charge in [0, 0.05) is 25.0 Å². The highest BCUT2D eigenvalue weighted by Crippen LogP contribution is 2.35. The highest BCUT2D eigenvalue weighted by molar-refractivity contribution is 7.99. The van der Waals surface area contributed by atoms with E-state index >= 15 is 0 Å². The van der Waals surface area contributed by atoms with Crippen LogP contribution in [0, 0.1) is 0 Å². The second-order valence-corrected chi connectivity index (χ2v) is 8.30. The smallest absolute Gasteiger partial charge is 0.285 e. The minimum absolute atomic E-state index is 0.0247. The first-order valence-electron chi connectivity index (χ1n) is 8.43. The minimum Gasteiger partial charge on any atom is -0.453 e. The first-order valence-corrected chi connectivity index (χ1v) is 9.87. The van der Waals surface area contributed by atoms with E-state index in [9.17, 15) is 18.0 Å². The maximum Gasteiger partial charge on any atom is 0.285 e. The van der Waals surface area contributed by atoms with Crippen LogP contribution in [0.3, 0.4) is 0 Å². The molecule has 0 saturated heterocycles. The molecule has 142 valence electrons. The van der Waals surface area contributed by atoms with Gasteiger partial charge in [-0.3, -0.25) is 9.59 Å². The van der Waals surface area contributed by atoms with E-state index in [4.69, 9.17) is 4.42 Å². The summed E-state index contributed by atoms with van der Waals surface area (Å²) >= 11 is 0. The van der Waals surface area contributed by atoms with Crippen LogP contribution >= 0.6 is 0 Å². The van der Waals surface area contributed by atoms with E-state index in [-0.39, 0.29) is 22.1 Å². The zero-order valence-electron chi connectivity index (χ0n) is 15.1. The van der Waals surface area contributed by atoms with Gasteiger partial charge in [0.05, 0.1) is 0 Å². The largest absolute Gasteiger partial charge is 0.453 e. The number of hydrogen-bond donors (Lipinski definition) is 1. The maximum atomic E-state index is 12.7. The number of sulfonamides is 1. The van der Waals surface area contributed by atoms with Crippen LogP contribution in [0.5, 0.6) is 0 Å². The Kier molecular flexibility index (Phi) is 4.08. The Balaban J connectivity index is 1.83. The molecule has 0 atom stereocenters. The number of nitrogens with zero attached hydrogens (tertiary/aromatic N) is 1. The van der Waals surface area contributed by atoms with E-state index in [1.807, 2.05) is 0 Å². The van der Waals surface area contributed by atoms with Crippen LogP contribution in [-0.4, -0.2) is 31.5 Å². The fourth-order valence-corrected chi connectivity index (χ4v) is 4.48. The van der Waals surface area contributed by atoms with Gasteiger partial charge < -0.3 is 9.73 Å². The molecule has 2 aromatic carbocycles. The van der Waals surface area contributed by atoms with Crippen molar-refractivity contribution in [3.63, 3.8) is 0 Å². The van der Waals surface area contributed by atoms with E-state index in [1.165, 1.54) is 14.0 Å². The van der Waals surface area contributed by atoms with Crippen LogP contribution in [-0.2, 0) is 14.8 Å². The fraction of sp³-hybridized carbons (Fsp3) is 0.100. The van der Waals surface area contributed by atoms with Gasteiger partial charge in [0.1, 0.15) is 16.2 Å². The summed E-state index contributed by atoms with van der Waals surface area (Å²) in [5.41, 5.74) is 1.43. The van der Waals surface area contributed by atoms with Crippen molar-refractivity contribution in [3.05, 3.63) is 71.6 Å². The number of Topliss-reactive ketones (excluding diaryl/α,β-unsaturated/α-hetero) is 1. The molecule has 1 aliphatic rings. The van der Waals surface area contributed by atoms with E-state index < -0.39 is 15.9 Å². The second-order valence-electron chi connectivity index (χ2n) is 6.39. The normalized spacial score (nSPS) is 16.1. The van der Waals surface area contributed by atoms with Crippen molar-refractivity contribution in [1.29, 1.82) is 0 Å². The quantitative estimate of drug-likeness (QED) is 0.680. The first kappa shape index (κ1) is 18.0.